The van der Waals surface area contributed by atoms with Gasteiger partial charge < -0.3 is 14.7 Å². The Balaban J connectivity index is 1.44. The van der Waals surface area contributed by atoms with E-state index in [9.17, 15) is 0 Å². The Morgan fingerprint density at radius 3 is 2.21 bits per heavy atom. The lowest BCUT2D eigenvalue weighted by atomic mass is 10.3. The Bertz CT molecular complexity index is 691. The summed E-state index contributed by atoms with van der Waals surface area (Å²) in [6, 6.07) is 2.02. The summed E-state index contributed by atoms with van der Waals surface area (Å²) in [5, 5.41) is 0. The zero-order chi connectivity index (χ0) is 16.4. The van der Waals surface area contributed by atoms with E-state index in [0.29, 0.717) is 0 Å². The van der Waals surface area contributed by atoms with Crippen LogP contribution in [-0.2, 0) is 0 Å². The van der Waals surface area contributed by atoms with E-state index in [1.807, 2.05) is 19.2 Å². The Hall–Kier alpha value is -2.44. The molecule has 2 fully saturated rings. The molecule has 0 radical (unpaired) electrons. The van der Waals surface area contributed by atoms with Crippen molar-refractivity contribution >= 4 is 17.6 Å². The smallest absolute Gasteiger partial charge is 0.227 e. The molecule has 4 heterocycles. The van der Waals surface area contributed by atoms with E-state index in [0.717, 1.165) is 62.5 Å². The van der Waals surface area contributed by atoms with Crippen LogP contribution >= 0.6 is 0 Å². The van der Waals surface area contributed by atoms with Gasteiger partial charge in [0.15, 0.2) is 0 Å². The molecular weight excluding hydrogens is 302 g/mol. The zero-order valence-electron chi connectivity index (χ0n) is 14.1. The average molecular weight is 325 g/mol. The molecule has 0 aromatic carbocycles. The minimum atomic E-state index is 0.872. The molecule has 2 aliphatic heterocycles. The van der Waals surface area contributed by atoms with Crippen LogP contribution in [0, 0.1) is 6.92 Å². The van der Waals surface area contributed by atoms with Crippen molar-refractivity contribution in [2.45, 2.75) is 19.8 Å². The van der Waals surface area contributed by atoms with Crippen LogP contribution in [0.5, 0.6) is 0 Å². The van der Waals surface area contributed by atoms with Gasteiger partial charge in [0.2, 0.25) is 5.95 Å². The summed E-state index contributed by atoms with van der Waals surface area (Å²) in [6.07, 6.45) is 7.87. The van der Waals surface area contributed by atoms with Gasteiger partial charge in [-0.05, 0) is 25.8 Å². The zero-order valence-corrected chi connectivity index (χ0v) is 14.1. The molecule has 0 bridgehead atoms. The van der Waals surface area contributed by atoms with E-state index in [2.05, 4.69) is 29.7 Å². The molecule has 0 spiro atoms. The topological polar surface area (TPSA) is 61.3 Å². The highest BCUT2D eigenvalue weighted by atomic mass is 15.3. The maximum absolute atomic E-state index is 4.79. The summed E-state index contributed by atoms with van der Waals surface area (Å²) in [5.41, 5.74) is 0.990. The monoisotopic (exact) mass is 325 g/mol. The predicted octanol–water partition coefficient (Wildman–Crippen LogP) is 1.50. The lowest BCUT2D eigenvalue weighted by Gasteiger charge is -2.36. The SMILES string of the molecule is Cc1nccnc1N1CCN(c2ccnc(N3CCCC3)n2)CC1. The molecule has 0 amide bonds. The van der Waals surface area contributed by atoms with Gasteiger partial charge in [-0.2, -0.15) is 4.98 Å². The highest BCUT2D eigenvalue weighted by Gasteiger charge is 2.22. The Morgan fingerprint density at radius 2 is 1.46 bits per heavy atom. The van der Waals surface area contributed by atoms with Crippen molar-refractivity contribution in [2.24, 2.45) is 0 Å². The molecule has 0 aliphatic carbocycles. The third-order valence-corrected chi connectivity index (χ3v) is 4.78. The van der Waals surface area contributed by atoms with Crippen LogP contribution in [0.25, 0.3) is 0 Å². The summed E-state index contributed by atoms with van der Waals surface area (Å²) >= 11 is 0. The molecule has 7 heteroatoms. The van der Waals surface area contributed by atoms with Gasteiger partial charge in [-0.15, -0.1) is 0 Å². The number of aryl methyl sites for hydroxylation is 1. The summed E-state index contributed by atoms with van der Waals surface area (Å²) < 4.78 is 0. The molecule has 2 saturated heterocycles. The van der Waals surface area contributed by atoms with E-state index in [4.69, 9.17) is 4.98 Å². The lowest BCUT2D eigenvalue weighted by Crippen LogP contribution is -2.47. The predicted molar refractivity (Wildman–Crippen MR) is 94.7 cm³/mol. The molecule has 0 N–H and O–H groups in total. The summed E-state index contributed by atoms with van der Waals surface area (Å²) in [5.74, 6) is 2.90. The van der Waals surface area contributed by atoms with Gasteiger partial charge in [-0.1, -0.05) is 0 Å². The first-order chi connectivity index (χ1) is 11.8. The Labute approximate surface area is 142 Å². The van der Waals surface area contributed by atoms with Gasteiger partial charge in [0.25, 0.3) is 0 Å². The summed E-state index contributed by atoms with van der Waals surface area (Å²) in [6.45, 7) is 7.90. The van der Waals surface area contributed by atoms with Gasteiger partial charge in [-0.3, -0.25) is 4.98 Å². The van der Waals surface area contributed by atoms with Crippen molar-refractivity contribution in [3.05, 3.63) is 30.4 Å². The Morgan fingerprint density at radius 1 is 0.750 bits per heavy atom. The highest BCUT2D eigenvalue weighted by Crippen LogP contribution is 2.22. The molecule has 0 unspecified atom stereocenters. The normalized spacial score (nSPS) is 18.3. The van der Waals surface area contributed by atoms with Gasteiger partial charge >= 0.3 is 0 Å². The maximum Gasteiger partial charge on any atom is 0.227 e. The number of hydrogen-bond acceptors (Lipinski definition) is 7. The fraction of sp³-hybridized carbons (Fsp3) is 0.529. The number of anilines is 3. The van der Waals surface area contributed by atoms with Crippen molar-refractivity contribution < 1.29 is 0 Å². The standard InChI is InChI=1S/C17H23N7/c1-14-16(19-7-6-18-14)23-12-10-22(11-13-23)15-4-5-20-17(21-15)24-8-2-3-9-24/h4-7H,2-3,8-13H2,1H3. The average Bonchev–Trinajstić information content (AvgIpc) is 3.17. The molecule has 2 aromatic heterocycles. The molecular formula is C17H23N7. The van der Waals surface area contributed by atoms with E-state index >= 15 is 0 Å². The first-order valence-corrected chi connectivity index (χ1v) is 8.67. The number of nitrogens with zero attached hydrogens (tertiary/aromatic N) is 7. The van der Waals surface area contributed by atoms with Crippen LogP contribution in [0.3, 0.4) is 0 Å². The van der Waals surface area contributed by atoms with Crippen molar-refractivity contribution in [1.82, 2.24) is 19.9 Å². The van der Waals surface area contributed by atoms with Crippen molar-refractivity contribution in [1.29, 1.82) is 0 Å². The number of hydrogen-bond donors (Lipinski definition) is 0. The van der Waals surface area contributed by atoms with E-state index < -0.39 is 0 Å². The van der Waals surface area contributed by atoms with E-state index in [1.54, 1.807) is 12.4 Å². The Kier molecular flexibility index (Phi) is 4.15. The third-order valence-electron chi connectivity index (χ3n) is 4.78. The van der Waals surface area contributed by atoms with Crippen molar-refractivity contribution in [2.75, 3.05) is 54.0 Å². The number of rotatable bonds is 3. The number of aromatic nitrogens is 4. The molecule has 4 rings (SSSR count). The van der Waals surface area contributed by atoms with Crippen LogP contribution in [0.2, 0.25) is 0 Å². The second-order valence-electron chi connectivity index (χ2n) is 6.35. The number of piperazine rings is 1. The summed E-state index contributed by atoms with van der Waals surface area (Å²) in [4.78, 5) is 25.0. The van der Waals surface area contributed by atoms with Crippen LogP contribution < -0.4 is 14.7 Å². The lowest BCUT2D eigenvalue weighted by molar-refractivity contribution is 0.637. The molecule has 2 aliphatic rings. The van der Waals surface area contributed by atoms with Crippen LogP contribution in [0.15, 0.2) is 24.7 Å². The van der Waals surface area contributed by atoms with Gasteiger partial charge in [0.1, 0.15) is 11.6 Å². The van der Waals surface area contributed by atoms with Gasteiger partial charge in [0.05, 0.1) is 5.69 Å². The fourth-order valence-corrected chi connectivity index (χ4v) is 3.44. The van der Waals surface area contributed by atoms with Gasteiger partial charge in [-0.25, -0.2) is 9.97 Å². The quantitative estimate of drug-likeness (QED) is 0.847. The maximum atomic E-state index is 4.79. The summed E-state index contributed by atoms with van der Waals surface area (Å²) in [7, 11) is 0. The first-order valence-electron chi connectivity index (χ1n) is 8.67. The second-order valence-corrected chi connectivity index (χ2v) is 6.35. The van der Waals surface area contributed by atoms with Gasteiger partial charge in [0, 0.05) is 57.9 Å². The highest BCUT2D eigenvalue weighted by molar-refractivity contribution is 5.48. The van der Waals surface area contributed by atoms with E-state index in [-0.39, 0.29) is 0 Å². The fourth-order valence-electron chi connectivity index (χ4n) is 3.44. The minimum absolute atomic E-state index is 0.872. The molecule has 0 atom stereocenters. The van der Waals surface area contributed by atoms with Crippen LogP contribution in [0.1, 0.15) is 18.5 Å². The minimum Gasteiger partial charge on any atom is -0.353 e. The van der Waals surface area contributed by atoms with Crippen LogP contribution in [0.4, 0.5) is 17.6 Å². The molecule has 0 saturated carbocycles. The third kappa shape index (κ3) is 2.98. The van der Waals surface area contributed by atoms with Crippen molar-refractivity contribution in [3.8, 4) is 0 Å². The molecule has 7 nitrogen and oxygen atoms in total. The van der Waals surface area contributed by atoms with E-state index in [1.165, 1.54) is 12.8 Å². The molecule has 2 aromatic rings. The largest absolute Gasteiger partial charge is 0.353 e. The van der Waals surface area contributed by atoms with Crippen LogP contribution in [-0.4, -0.2) is 59.2 Å². The first kappa shape index (κ1) is 15.1. The molecule has 24 heavy (non-hydrogen) atoms. The second kappa shape index (κ2) is 6.59. The molecule has 126 valence electrons. The van der Waals surface area contributed by atoms with Crippen molar-refractivity contribution in [3.63, 3.8) is 0 Å².